The smallest absolute Gasteiger partial charge is 0.407 e. The van der Waals surface area contributed by atoms with E-state index in [-0.39, 0.29) is 6.61 Å². The van der Waals surface area contributed by atoms with E-state index in [2.05, 4.69) is 16.6 Å². The molecule has 0 spiro atoms. The van der Waals surface area contributed by atoms with Crippen molar-refractivity contribution in [3.8, 4) is 0 Å². The summed E-state index contributed by atoms with van der Waals surface area (Å²) in [6.07, 6.45) is 1.85. The largest absolute Gasteiger partial charge is 0.445 e. The Bertz CT molecular complexity index is 128. The standard InChI is InChI=1S/C7H12ClNO2/c1-2-6-11-7(10)9-5-3-4-8/h2H,1,3-6H2,(H,9,10). The van der Waals surface area contributed by atoms with Gasteiger partial charge in [-0.2, -0.15) is 0 Å². The van der Waals surface area contributed by atoms with Gasteiger partial charge in [0.15, 0.2) is 0 Å². The van der Waals surface area contributed by atoms with Crippen LogP contribution < -0.4 is 5.32 Å². The summed E-state index contributed by atoms with van der Waals surface area (Å²) in [5, 5.41) is 2.52. The number of ether oxygens (including phenoxy) is 1. The highest BCUT2D eigenvalue weighted by atomic mass is 35.5. The Morgan fingerprint density at radius 3 is 3.00 bits per heavy atom. The predicted molar refractivity (Wildman–Crippen MR) is 44.9 cm³/mol. The van der Waals surface area contributed by atoms with E-state index in [4.69, 9.17) is 11.6 Å². The summed E-state index contributed by atoms with van der Waals surface area (Å²) in [7, 11) is 0. The zero-order valence-electron chi connectivity index (χ0n) is 6.31. The molecule has 64 valence electrons. The molecule has 3 nitrogen and oxygen atoms in total. The Hall–Kier alpha value is -0.700. The first-order valence-corrected chi connectivity index (χ1v) is 3.92. The molecule has 0 atom stereocenters. The zero-order chi connectivity index (χ0) is 8.53. The van der Waals surface area contributed by atoms with Gasteiger partial charge in [-0.05, 0) is 6.42 Å². The minimum absolute atomic E-state index is 0.243. The van der Waals surface area contributed by atoms with E-state index in [0.717, 1.165) is 6.42 Å². The van der Waals surface area contributed by atoms with Crippen molar-refractivity contribution in [2.45, 2.75) is 6.42 Å². The van der Waals surface area contributed by atoms with E-state index in [0.29, 0.717) is 12.4 Å². The number of nitrogens with one attached hydrogen (secondary N) is 1. The van der Waals surface area contributed by atoms with Crippen LogP contribution in [-0.2, 0) is 4.74 Å². The summed E-state index contributed by atoms with van der Waals surface area (Å²) in [6.45, 7) is 4.20. The van der Waals surface area contributed by atoms with Crippen molar-refractivity contribution in [2.75, 3.05) is 19.0 Å². The molecule has 0 saturated heterocycles. The van der Waals surface area contributed by atoms with Crippen LogP contribution in [-0.4, -0.2) is 25.1 Å². The summed E-state index contributed by atoms with van der Waals surface area (Å²) in [5.74, 6) is 0.543. The monoisotopic (exact) mass is 177 g/mol. The van der Waals surface area contributed by atoms with Gasteiger partial charge in [-0.3, -0.25) is 0 Å². The molecule has 11 heavy (non-hydrogen) atoms. The van der Waals surface area contributed by atoms with Gasteiger partial charge in [0.05, 0.1) is 0 Å². The molecule has 4 heteroatoms. The number of carbonyl (C=O) groups is 1. The van der Waals surface area contributed by atoms with Gasteiger partial charge in [0.25, 0.3) is 0 Å². The third-order valence-electron chi connectivity index (χ3n) is 0.912. The molecule has 0 radical (unpaired) electrons. The molecule has 0 aliphatic heterocycles. The first-order valence-electron chi connectivity index (χ1n) is 3.38. The van der Waals surface area contributed by atoms with E-state index >= 15 is 0 Å². The van der Waals surface area contributed by atoms with Crippen LogP contribution in [0, 0.1) is 0 Å². The van der Waals surface area contributed by atoms with Gasteiger partial charge in [0.1, 0.15) is 6.61 Å². The minimum atomic E-state index is -0.421. The van der Waals surface area contributed by atoms with Gasteiger partial charge in [-0.1, -0.05) is 12.7 Å². The first kappa shape index (κ1) is 10.3. The van der Waals surface area contributed by atoms with Crippen molar-refractivity contribution >= 4 is 17.7 Å². The number of hydrogen-bond donors (Lipinski definition) is 1. The Morgan fingerprint density at radius 2 is 2.45 bits per heavy atom. The summed E-state index contributed by atoms with van der Waals surface area (Å²) in [4.78, 5) is 10.7. The molecule has 0 aliphatic carbocycles. The molecule has 0 bridgehead atoms. The second kappa shape index (κ2) is 7.41. The average Bonchev–Trinajstić information content (AvgIpc) is 2.01. The number of hydrogen-bond acceptors (Lipinski definition) is 2. The number of alkyl halides is 1. The van der Waals surface area contributed by atoms with Gasteiger partial charge in [-0.25, -0.2) is 4.79 Å². The molecule has 1 N–H and O–H groups in total. The summed E-state index contributed by atoms with van der Waals surface area (Å²) >= 11 is 5.38. The van der Waals surface area contributed by atoms with Crippen molar-refractivity contribution in [1.82, 2.24) is 5.32 Å². The quantitative estimate of drug-likeness (QED) is 0.393. The molecule has 1 amide bonds. The maximum Gasteiger partial charge on any atom is 0.407 e. The maximum atomic E-state index is 10.7. The van der Waals surface area contributed by atoms with E-state index in [1.54, 1.807) is 0 Å². The second-order valence-corrected chi connectivity index (χ2v) is 2.23. The lowest BCUT2D eigenvalue weighted by molar-refractivity contribution is 0.158. The van der Waals surface area contributed by atoms with E-state index < -0.39 is 6.09 Å². The van der Waals surface area contributed by atoms with E-state index in [9.17, 15) is 4.79 Å². The Balaban J connectivity index is 3.15. The normalized spacial score (nSPS) is 8.82. The number of rotatable bonds is 5. The minimum Gasteiger partial charge on any atom is -0.445 e. The van der Waals surface area contributed by atoms with Crippen LogP contribution in [0.3, 0.4) is 0 Å². The SMILES string of the molecule is C=CCOC(=O)NCCCCl. The van der Waals surface area contributed by atoms with Gasteiger partial charge in [0.2, 0.25) is 0 Å². The van der Waals surface area contributed by atoms with E-state index in [1.807, 2.05) is 0 Å². The lowest BCUT2D eigenvalue weighted by Gasteiger charge is -2.02. The van der Waals surface area contributed by atoms with Gasteiger partial charge in [-0.15, -0.1) is 11.6 Å². The summed E-state index contributed by atoms with van der Waals surface area (Å²) in [5.41, 5.74) is 0. The molecular weight excluding hydrogens is 166 g/mol. The maximum absolute atomic E-state index is 10.7. The molecule has 0 aromatic heterocycles. The molecule has 0 heterocycles. The Labute approximate surface area is 71.4 Å². The summed E-state index contributed by atoms with van der Waals surface area (Å²) in [6, 6.07) is 0. The molecule has 0 aromatic carbocycles. The van der Waals surface area contributed by atoms with Gasteiger partial charge >= 0.3 is 6.09 Å². The van der Waals surface area contributed by atoms with Crippen LogP contribution in [0.1, 0.15) is 6.42 Å². The zero-order valence-corrected chi connectivity index (χ0v) is 7.06. The molecule has 0 fully saturated rings. The topological polar surface area (TPSA) is 38.3 Å². The van der Waals surface area contributed by atoms with Crippen LogP contribution in [0.5, 0.6) is 0 Å². The highest BCUT2D eigenvalue weighted by Crippen LogP contribution is 1.83. The lowest BCUT2D eigenvalue weighted by atomic mass is 10.5. The van der Waals surface area contributed by atoms with Crippen LogP contribution in [0.4, 0.5) is 4.79 Å². The Kier molecular flexibility index (Phi) is 6.94. The fourth-order valence-electron chi connectivity index (χ4n) is 0.443. The van der Waals surface area contributed by atoms with Crippen LogP contribution >= 0.6 is 11.6 Å². The number of amides is 1. The first-order chi connectivity index (χ1) is 5.31. The second-order valence-electron chi connectivity index (χ2n) is 1.86. The highest BCUT2D eigenvalue weighted by molar-refractivity contribution is 6.17. The van der Waals surface area contributed by atoms with Crippen molar-refractivity contribution in [3.05, 3.63) is 12.7 Å². The lowest BCUT2D eigenvalue weighted by Crippen LogP contribution is -2.25. The van der Waals surface area contributed by atoms with E-state index in [1.165, 1.54) is 6.08 Å². The molecule has 0 rings (SSSR count). The average molecular weight is 178 g/mol. The third kappa shape index (κ3) is 7.19. The fourth-order valence-corrected chi connectivity index (χ4v) is 0.577. The molecule has 0 aromatic rings. The number of halogens is 1. The molecule has 0 unspecified atom stereocenters. The van der Waals surface area contributed by atoms with Crippen LogP contribution in [0.15, 0.2) is 12.7 Å². The van der Waals surface area contributed by atoms with Crippen molar-refractivity contribution in [2.24, 2.45) is 0 Å². The summed E-state index contributed by atoms with van der Waals surface area (Å²) < 4.78 is 4.63. The molecule has 0 saturated carbocycles. The molecular formula is C7H12ClNO2. The Morgan fingerprint density at radius 1 is 1.73 bits per heavy atom. The van der Waals surface area contributed by atoms with Crippen LogP contribution in [0.25, 0.3) is 0 Å². The van der Waals surface area contributed by atoms with Crippen molar-refractivity contribution in [1.29, 1.82) is 0 Å². The highest BCUT2D eigenvalue weighted by Gasteiger charge is 1.96. The van der Waals surface area contributed by atoms with Crippen molar-refractivity contribution < 1.29 is 9.53 Å². The predicted octanol–water partition coefficient (Wildman–Crippen LogP) is 1.53. The molecule has 0 aliphatic rings. The van der Waals surface area contributed by atoms with Crippen LogP contribution in [0.2, 0.25) is 0 Å². The van der Waals surface area contributed by atoms with Gasteiger partial charge < -0.3 is 10.1 Å². The van der Waals surface area contributed by atoms with Crippen molar-refractivity contribution in [3.63, 3.8) is 0 Å². The fraction of sp³-hybridized carbons (Fsp3) is 0.571. The third-order valence-corrected chi connectivity index (χ3v) is 1.18. The number of alkyl carbamates (subject to hydrolysis) is 1. The van der Waals surface area contributed by atoms with Gasteiger partial charge in [0, 0.05) is 12.4 Å². The number of carbonyl (C=O) groups excluding carboxylic acids is 1.